The number of ether oxygens (including phenoxy) is 1. The highest BCUT2D eigenvalue weighted by Crippen LogP contribution is 2.22. The molecule has 2 aromatic rings. The fraction of sp³-hybridized carbons (Fsp3) is 0.480. The van der Waals surface area contributed by atoms with Crippen LogP contribution in [0.2, 0.25) is 0 Å². The number of hydrogen-bond donors (Lipinski definition) is 4. The van der Waals surface area contributed by atoms with E-state index < -0.39 is 28.2 Å². The Balaban J connectivity index is 1.11. The molecule has 4 N–H and O–H groups in total. The van der Waals surface area contributed by atoms with Crippen LogP contribution in [-0.2, 0) is 27.8 Å². The molecule has 1 atom stereocenters. The zero-order valence-corrected chi connectivity index (χ0v) is 22.7. The van der Waals surface area contributed by atoms with E-state index in [2.05, 4.69) is 25.9 Å². The molecule has 2 saturated heterocycles. The van der Waals surface area contributed by atoms with Crippen LogP contribution in [0.15, 0.2) is 36.7 Å². The second-order valence-electron chi connectivity index (χ2n) is 9.92. The molecule has 5 rings (SSSR count). The molecule has 1 aromatic carbocycles. The quantitative estimate of drug-likeness (QED) is 0.362. The van der Waals surface area contributed by atoms with Crippen LogP contribution in [-0.4, -0.2) is 97.0 Å². The Morgan fingerprint density at radius 3 is 2.40 bits per heavy atom. The lowest BCUT2D eigenvalue weighted by atomic mass is 10.1. The van der Waals surface area contributed by atoms with Crippen molar-refractivity contribution in [2.45, 2.75) is 37.8 Å². The molecule has 4 amide bonds. The van der Waals surface area contributed by atoms with E-state index in [0.717, 1.165) is 23.7 Å². The molecule has 214 valence electrons. The molecule has 3 heterocycles. The summed E-state index contributed by atoms with van der Waals surface area (Å²) in [7, 11) is -4.13. The molecule has 1 aliphatic carbocycles. The Bertz CT molecular complexity index is 1330. The van der Waals surface area contributed by atoms with Gasteiger partial charge < -0.3 is 20.3 Å². The molecule has 14 nitrogen and oxygen atoms in total. The molecule has 0 saturated carbocycles. The molecule has 3 aliphatic rings. The van der Waals surface area contributed by atoms with Crippen molar-refractivity contribution in [3.63, 3.8) is 0 Å². The van der Waals surface area contributed by atoms with E-state index in [1.807, 2.05) is 29.0 Å². The zero-order valence-electron chi connectivity index (χ0n) is 21.8. The van der Waals surface area contributed by atoms with Crippen molar-refractivity contribution >= 4 is 34.1 Å². The van der Waals surface area contributed by atoms with Crippen LogP contribution < -0.4 is 20.7 Å². The monoisotopic (exact) mass is 572 g/mol. The maximum atomic E-state index is 13.0. The van der Waals surface area contributed by atoms with Gasteiger partial charge in [-0.1, -0.05) is 24.3 Å². The van der Waals surface area contributed by atoms with Gasteiger partial charge in [0.05, 0.1) is 0 Å². The van der Waals surface area contributed by atoms with E-state index >= 15 is 0 Å². The summed E-state index contributed by atoms with van der Waals surface area (Å²) < 4.78 is 33.2. The topological polar surface area (TPSA) is 175 Å². The predicted octanol–water partition coefficient (Wildman–Crippen LogP) is 0.246. The Morgan fingerprint density at radius 2 is 1.73 bits per heavy atom. The molecule has 2 aliphatic heterocycles. The Hall–Kier alpha value is -3.82. The van der Waals surface area contributed by atoms with Gasteiger partial charge in [0, 0.05) is 50.7 Å². The smallest absolute Gasteiger partial charge is 0.421 e. The lowest BCUT2D eigenvalue weighted by molar-refractivity contribution is 0.0934. The number of amides is 4. The van der Waals surface area contributed by atoms with Gasteiger partial charge in [0.15, 0.2) is 11.5 Å². The third kappa shape index (κ3) is 6.66. The summed E-state index contributed by atoms with van der Waals surface area (Å²) in [5.41, 5.74) is 2.37. The van der Waals surface area contributed by atoms with E-state index in [4.69, 9.17) is 4.74 Å². The van der Waals surface area contributed by atoms with Gasteiger partial charge in [0.25, 0.3) is 5.91 Å². The minimum Gasteiger partial charge on any atom is -0.447 e. The number of piperazine rings is 1. The Kier molecular flexibility index (Phi) is 8.42. The molecule has 0 bridgehead atoms. The third-order valence-electron chi connectivity index (χ3n) is 7.18. The van der Waals surface area contributed by atoms with Crippen molar-refractivity contribution < 1.29 is 27.5 Å². The zero-order chi connectivity index (χ0) is 28.1. The Morgan fingerprint density at radius 1 is 1.02 bits per heavy atom. The number of carbonyl (C=O) groups is 3. The second kappa shape index (κ2) is 12.1. The van der Waals surface area contributed by atoms with Crippen LogP contribution in [0.3, 0.4) is 0 Å². The number of rotatable bonds is 7. The van der Waals surface area contributed by atoms with E-state index in [1.54, 1.807) is 0 Å². The first-order valence-electron chi connectivity index (χ1n) is 13.2. The molecule has 2 fully saturated rings. The number of anilines is 1. The molecule has 0 unspecified atom stereocenters. The van der Waals surface area contributed by atoms with E-state index in [9.17, 15) is 22.8 Å². The molecular weight excluding hydrogens is 540 g/mol. The van der Waals surface area contributed by atoms with Crippen LogP contribution in [0.4, 0.5) is 15.4 Å². The van der Waals surface area contributed by atoms with Crippen LogP contribution in [0.25, 0.3) is 0 Å². The minimum atomic E-state index is -4.13. The highest BCUT2D eigenvalue weighted by Gasteiger charge is 2.32. The highest BCUT2D eigenvalue weighted by molar-refractivity contribution is 7.87. The third-order valence-corrected chi connectivity index (χ3v) is 8.65. The molecule has 1 aromatic heterocycles. The summed E-state index contributed by atoms with van der Waals surface area (Å²) >= 11 is 0. The normalized spacial score (nSPS) is 19.6. The number of hydrogen-bond acceptors (Lipinski definition) is 9. The summed E-state index contributed by atoms with van der Waals surface area (Å²) in [4.78, 5) is 47.6. The molecule has 0 spiro atoms. The van der Waals surface area contributed by atoms with Crippen LogP contribution in [0.1, 0.15) is 34.5 Å². The predicted molar refractivity (Wildman–Crippen MR) is 144 cm³/mol. The van der Waals surface area contributed by atoms with Gasteiger partial charge in [-0.15, -0.1) is 0 Å². The first-order valence-corrected chi connectivity index (χ1v) is 14.6. The molecular formula is C25H32N8O6S. The first-order chi connectivity index (χ1) is 19.3. The fourth-order valence-electron chi connectivity index (χ4n) is 5.10. The Labute approximate surface area is 232 Å². The summed E-state index contributed by atoms with van der Waals surface area (Å²) in [6.07, 6.45) is 4.97. The van der Waals surface area contributed by atoms with Gasteiger partial charge in [0.1, 0.15) is 6.61 Å². The summed E-state index contributed by atoms with van der Waals surface area (Å²) in [5, 5.41) is 8.75. The molecule has 40 heavy (non-hydrogen) atoms. The van der Waals surface area contributed by atoms with Gasteiger partial charge in [0.2, 0.25) is 0 Å². The van der Waals surface area contributed by atoms with Gasteiger partial charge in [-0.3, -0.25) is 10.1 Å². The lowest BCUT2D eigenvalue weighted by Gasteiger charge is -2.33. The van der Waals surface area contributed by atoms with Crippen molar-refractivity contribution in [1.82, 2.24) is 34.5 Å². The molecule has 15 heteroatoms. The van der Waals surface area contributed by atoms with Gasteiger partial charge in [-0.05, 0) is 43.4 Å². The van der Waals surface area contributed by atoms with E-state index in [1.165, 1.54) is 28.4 Å². The van der Waals surface area contributed by atoms with Crippen molar-refractivity contribution in [3.05, 3.63) is 53.5 Å². The highest BCUT2D eigenvalue weighted by atomic mass is 32.2. The lowest BCUT2D eigenvalue weighted by Crippen LogP contribution is -2.55. The van der Waals surface area contributed by atoms with Gasteiger partial charge in [-0.2, -0.15) is 12.7 Å². The standard InChI is InChI=1S/C25H32N8O6S/c34-23(29-20-14-17-4-1-2-5-18(17)15-20)21-22(28-9-8-27-21)30-24(35)32-10-12-33(13-11-32)40(37,38)31-25(36)39-16-19-6-3-7-26-19/h1-2,4-5,8-9,19-20,26H,3,6-7,10-16H2,(H,29,34)(H,31,36)(H,28,30,35)/t19-/m1/s1. The summed E-state index contributed by atoms with van der Waals surface area (Å²) in [6, 6.07) is 7.40. The van der Waals surface area contributed by atoms with Crippen molar-refractivity contribution in [3.8, 4) is 0 Å². The average molecular weight is 573 g/mol. The maximum Gasteiger partial charge on any atom is 0.421 e. The number of carbonyl (C=O) groups excluding carboxylic acids is 3. The van der Waals surface area contributed by atoms with Crippen molar-refractivity contribution in [1.29, 1.82) is 0 Å². The van der Waals surface area contributed by atoms with Gasteiger partial charge >= 0.3 is 22.3 Å². The number of nitrogens with zero attached hydrogens (tertiary/aromatic N) is 4. The molecule has 0 radical (unpaired) electrons. The SMILES string of the molecule is O=C(NS(=O)(=O)N1CCN(C(=O)Nc2nccnc2C(=O)NC2Cc3ccccc3C2)CC1)OC[C@H]1CCCN1. The number of nitrogens with one attached hydrogen (secondary N) is 4. The number of aromatic nitrogens is 2. The minimum absolute atomic E-state index is 0.0106. The average Bonchev–Trinajstić information content (AvgIpc) is 3.61. The van der Waals surface area contributed by atoms with Crippen LogP contribution in [0, 0.1) is 0 Å². The summed E-state index contributed by atoms with van der Waals surface area (Å²) in [6.45, 7) is 0.997. The second-order valence-corrected chi connectivity index (χ2v) is 11.6. The van der Waals surface area contributed by atoms with E-state index in [-0.39, 0.29) is 56.4 Å². The van der Waals surface area contributed by atoms with Crippen molar-refractivity contribution in [2.75, 3.05) is 44.6 Å². The maximum absolute atomic E-state index is 13.0. The van der Waals surface area contributed by atoms with Crippen molar-refractivity contribution in [2.24, 2.45) is 0 Å². The van der Waals surface area contributed by atoms with Crippen LogP contribution in [0.5, 0.6) is 0 Å². The number of fused-ring (bicyclic) bond motifs is 1. The number of benzene rings is 1. The number of urea groups is 1. The van der Waals surface area contributed by atoms with Gasteiger partial charge in [-0.25, -0.2) is 24.3 Å². The summed E-state index contributed by atoms with van der Waals surface area (Å²) in [5.74, 6) is -0.435. The van der Waals surface area contributed by atoms with E-state index in [0.29, 0.717) is 12.8 Å². The largest absolute Gasteiger partial charge is 0.447 e. The van der Waals surface area contributed by atoms with Crippen LogP contribution >= 0.6 is 0 Å². The fourth-order valence-corrected chi connectivity index (χ4v) is 6.14. The first kappa shape index (κ1) is 27.7.